The molecule has 0 aliphatic heterocycles. The van der Waals surface area contributed by atoms with E-state index in [4.69, 9.17) is 4.84 Å². The predicted molar refractivity (Wildman–Crippen MR) is 143 cm³/mol. The van der Waals surface area contributed by atoms with Crippen LogP contribution in [0.3, 0.4) is 0 Å². The molecule has 0 unspecified atom stereocenters. The van der Waals surface area contributed by atoms with Crippen molar-refractivity contribution in [1.82, 2.24) is 9.38 Å². The number of benzene rings is 1. The molecule has 3 aromatic rings. The van der Waals surface area contributed by atoms with Crippen LogP contribution in [0.1, 0.15) is 70.6 Å². The average Bonchev–Trinajstić information content (AvgIpc) is 3.44. The van der Waals surface area contributed by atoms with Gasteiger partial charge in [0.25, 0.3) is 0 Å². The molecule has 1 aromatic carbocycles. The molecule has 0 saturated heterocycles. The number of aromatic nitrogens is 2. The van der Waals surface area contributed by atoms with Crippen LogP contribution >= 0.6 is 11.3 Å². The Morgan fingerprint density at radius 1 is 1.09 bits per heavy atom. The molecule has 3 rings (SSSR count). The third-order valence-electron chi connectivity index (χ3n) is 6.44. The summed E-state index contributed by atoms with van der Waals surface area (Å²) in [5, 5.41) is 15.2. The zero-order chi connectivity index (χ0) is 24.4. The first kappa shape index (κ1) is 26.7. The fraction of sp³-hybridized carbons (Fsp3) is 0.520. The molecule has 184 valence electrons. The monoisotopic (exact) mass is 592 g/mol. The van der Waals surface area contributed by atoms with E-state index in [1.807, 2.05) is 30.1 Å². The minimum atomic E-state index is -2.66. The number of imidazole rings is 1. The van der Waals surface area contributed by atoms with Gasteiger partial charge in [0.15, 0.2) is 0 Å². The molecule has 0 aliphatic carbocycles. The van der Waals surface area contributed by atoms with Crippen molar-refractivity contribution in [2.75, 3.05) is 0 Å². The van der Waals surface area contributed by atoms with Crippen molar-refractivity contribution in [2.45, 2.75) is 79.2 Å². The second-order valence-corrected chi connectivity index (χ2v) is 24.0. The van der Waals surface area contributed by atoms with Crippen LogP contribution in [0.4, 0.5) is 5.69 Å². The molecule has 7 nitrogen and oxygen atoms in total. The Morgan fingerprint density at radius 3 is 2.26 bits per heavy atom. The molecule has 0 fully saturated rings. The summed E-state index contributed by atoms with van der Waals surface area (Å²) >= 11 is -0.725. The van der Waals surface area contributed by atoms with E-state index in [1.54, 1.807) is 15.0 Å². The molecule has 9 heteroatoms. The molecule has 2 heterocycles. The van der Waals surface area contributed by atoms with Gasteiger partial charge < -0.3 is 0 Å². The molecule has 0 bridgehead atoms. The van der Waals surface area contributed by atoms with Crippen LogP contribution in [-0.4, -0.2) is 38.9 Å². The molecular formula is C25H36N4O3SSn. The number of thiazole rings is 1. The summed E-state index contributed by atoms with van der Waals surface area (Å²) in [4.78, 5) is 21.6. The summed E-state index contributed by atoms with van der Waals surface area (Å²) in [6.45, 7) is 7.17. The van der Waals surface area contributed by atoms with Crippen molar-refractivity contribution in [3.05, 3.63) is 58.2 Å². The first-order valence-electron chi connectivity index (χ1n) is 12.4. The predicted octanol–water partition coefficient (Wildman–Crippen LogP) is 6.91. The van der Waals surface area contributed by atoms with Gasteiger partial charge >= 0.3 is 211 Å². The van der Waals surface area contributed by atoms with Gasteiger partial charge in [-0.1, -0.05) is 0 Å². The van der Waals surface area contributed by atoms with Gasteiger partial charge in [-0.3, -0.25) is 0 Å². The van der Waals surface area contributed by atoms with Crippen molar-refractivity contribution in [2.24, 2.45) is 5.16 Å². The fourth-order valence-corrected chi connectivity index (χ4v) is 25.3. The van der Waals surface area contributed by atoms with E-state index in [9.17, 15) is 10.1 Å². The van der Waals surface area contributed by atoms with Crippen molar-refractivity contribution in [3.63, 3.8) is 0 Å². The van der Waals surface area contributed by atoms with Gasteiger partial charge in [-0.05, 0) is 0 Å². The second-order valence-electron chi connectivity index (χ2n) is 8.94. The summed E-state index contributed by atoms with van der Waals surface area (Å²) in [7, 11) is 0. The summed E-state index contributed by atoms with van der Waals surface area (Å²) in [6, 6.07) is 6.40. The molecule has 0 amide bonds. The van der Waals surface area contributed by atoms with Crippen molar-refractivity contribution in [1.29, 1.82) is 0 Å². The Hall–Kier alpha value is -1.94. The van der Waals surface area contributed by atoms with E-state index in [0.29, 0.717) is 0 Å². The van der Waals surface area contributed by atoms with E-state index in [0.717, 1.165) is 11.3 Å². The second kappa shape index (κ2) is 13.2. The van der Waals surface area contributed by atoms with E-state index < -0.39 is 23.3 Å². The third-order valence-corrected chi connectivity index (χ3v) is 25.8. The summed E-state index contributed by atoms with van der Waals surface area (Å²) in [5.74, 6) is 0. The quantitative estimate of drug-likeness (QED) is 0.0833. The SMILES string of the molecule is CCC[CH2][Sn]([CH2]CCC)([CH2]CCC)[c]1sc2cncn2c1C=NOCc1ccc([N+](=O)[O-])cc1. The fourth-order valence-electron chi connectivity index (χ4n) is 4.48. The molecule has 0 radical (unpaired) electrons. The number of rotatable bonds is 15. The minimum absolute atomic E-state index is 0.0766. The molecule has 0 aliphatic rings. The van der Waals surface area contributed by atoms with Gasteiger partial charge in [0.1, 0.15) is 0 Å². The van der Waals surface area contributed by atoms with Crippen molar-refractivity contribution in [3.8, 4) is 0 Å². The van der Waals surface area contributed by atoms with Crippen molar-refractivity contribution < 1.29 is 9.76 Å². The molecule has 0 atom stereocenters. The van der Waals surface area contributed by atoms with Crippen LogP contribution in [0.15, 0.2) is 41.9 Å². The van der Waals surface area contributed by atoms with Gasteiger partial charge in [-0.25, -0.2) is 0 Å². The van der Waals surface area contributed by atoms with Crippen molar-refractivity contribution >= 4 is 49.3 Å². The molecule has 0 saturated carbocycles. The molecular weight excluding hydrogens is 555 g/mol. The number of unbranched alkanes of at least 4 members (excludes halogenated alkanes) is 3. The normalized spacial score (nSPS) is 12.1. The van der Waals surface area contributed by atoms with Gasteiger partial charge in [0, 0.05) is 0 Å². The Balaban J connectivity index is 1.88. The van der Waals surface area contributed by atoms with Crippen LogP contribution in [0.2, 0.25) is 13.3 Å². The number of oxime groups is 1. The first-order valence-corrected chi connectivity index (χ1v) is 20.7. The number of nitrogens with zero attached hydrogens (tertiary/aromatic N) is 4. The van der Waals surface area contributed by atoms with Crippen LogP contribution in [-0.2, 0) is 11.4 Å². The average molecular weight is 591 g/mol. The van der Waals surface area contributed by atoms with Gasteiger partial charge in [0.2, 0.25) is 0 Å². The van der Waals surface area contributed by atoms with E-state index >= 15 is 0 Å². The number of nitro groups is 1. The first-order chi connectivity index (χ1) is 16.5. The summed E-state index contributed by atoms with van der Waals surface area (Å²) < 4.78 is 7.96. The van der Waals surface area contributed by atoms with Gasteiger partial charge in [-0.2, -0.15) is 0 Å². The van der Waals surface area contributed by atoms with Gasteiger partial charge in [-0.15, -0.1) is 0 Å². The Kier molecular flexibility index (Phi) is 10.4. The summed E-state index contributed by atoms with van der Waals surface area (Å²) in [5.41, 5.74) is 2.08. The maximum atomic E-state index is 10.8. The number of hydrogen-bond acceptors (Lipinski definition) is 6. The van der Waals surface area contributed by atoms with E-state index in [2.05, 4.69) is 35.3 Å². The molecule has 2 aromatic heterocycles. The Bertz CT molecular complexity index is 1060. The van der Waals surface area contributed by atoms with Crippen LogP contribution < -0.4 is 2.89 Å². The maximum absolute atomic E-state index is 10.8. The van der Waals surface area contributed by atoms with Gasteiger partial charge in [0.05, 0.1) is 0 Å². The molecule has 0 spiro atoms. The number of hydrogen-bond donors (Lipinski definition) is 0. The zero-order valence-corrected chi connectivity index (χ0v) is 24.2. The van der Waals surface area contributed by atoms with E-state index in [1.165, 1.54) is 68.8 Å². The third kappa shape index (κ3) is 6.59. The molecule has 34 heavy (non-hydrogen) atoms. The summed E-state index contributed by atoms with van der Waals surface area (Å²) in [6.07, 6.45) is 13.4. The van der Waals surface area contributed by atoms with E-state index in [-0.39, 0.29) is 12.3 Å². The van der Waals surface area contributed by atoms with Crippen LogP contribution in [0.25, 0.3) is 4.83 Å². The number of fused-ring (bicyclic) bond motifs is 1. The number of nitro benzene ring substituents is 1. The Labute approximate surface area is 210 Å². The topological polar surface area (TPSA) is 82.0 Å². The van der Waals surface area contributed by atoms with Crippen LogP contribution in [0.5, 0.6) is 0 Å². The number of non-ortho nitro benzene ring substituents is 1. The Morgan fingerprint density at radius 2 is 1.71 bits per heavy atom. The zero-order valence-electron chi connectivity index (χ0n) is 20.5. The standard InChI is InChI=1S/C13H9N4O3S.3C4H9.Sn/c18-17(19)11-3-1-10(2-4-11)7-20-15-5-12-8-21-13-6-14-9-16(12)13;3*1-3-4-2;/h1-6,9H,7H2;3*1,3-4H2,2H3;. The molecule has 0 N–H and O–H groups in total. The van der Waals surface area contributed by atoms with Crippen LogP contribution in [0, 0.1) is 10.1 Å².